The molecule has 0 saturated carbocycles. The second-order valence-electron chi connectivity index (χ2n) is 4.87. The van der Waals surface area contributed by atoms with Crippen LogP contribution in [0.3, 0.4) is 0 Å². The third-order valence-electron chi connectivity index (χ3n) is 3.50. The fraction of sp³-hybridized carbons (Fsp3) is 0.769. The van der Waals surface area contributed by atoms with Crippen molar-refractivity contribution in [1.29, 1.82) is 0 Å². The van der Waals surface area contributed by atoms with Crippen LogP contribution in [0.4, 0.5) is 0 Å². The molecule has 0 spiro atoms. The van der Waals surface area contributed by atoms with Crippen molar-refractivity contribution in [2.24, 2.45) is 0 Å². The smallest absolute Gasteiger partial charge is 0.0638 e. The van der Waals surface area contributed by atoms with Crippen molar-refractivity contribution in [3.05, 3.63) is 17.0 Å². The monoisotopic (exact) mass is 237 g/mol. The first kappa shape index (κ1) is 12.6. The zero-order valence-corrected chi connectivity index (χ0v) is 10.9. The van der Waals surface area contributed by atoms with E-state index in [-0.39, 0.29) is 0 Å². The van der Waals surface area contributed by atoms with Gasteiger partial charge in [0.15, 0.2) is 0 Å². The average Bonchev–Trinajstić information content (AvgIpc) is 2.67. The first-order chi connectivity index (χ1) is 8.27. The van der Waals surface area contributed by atoms with Crippen molar-refractivity contribution in [3.8, 4) is 0 Å². The van der Waals surface area contributed by atoms with E-state index >= 15 is 0 Å². The van der Waals surface area contributed by atoms with E-state index in [9.17, 15) is 0 Å². The molecule has 1 aliphatic heterocycles. The van der Waals surface area contributed by atoms with Crippen LogP contribution in [0.1, 0.15) is 42.6 Å². The molecule has 1 saturated heterocycles. The van der Waals surface area contributed by atoms with Crippen molar-refractivity contribution in [2.75, 3.05) is 13.2 Å². The van der Waals surface area contributed by atoms with Gasteiger partial charge in [-0.25, -0.2) is 0 Å². The van der Waals surface area contributed by atoms with E-state index in [4.69, 9.17) is 4.74 Å². The van der Waals surface area contributed by atoms with Gasteiger partial charge in [-0.2, -0.15) is 5.10 Å². The molecule has 1 aliphatic rings. The lowest BCUT2D eigenvalue weighted by Gasteiger charge is -2.22. The van der Waals surface area contributed by atoms with Crippen LogP contribution in [0, 0.1) is 13.8 Å². The third-order valence-corrected chi connectivity index (χ3v) is 3.50. The lowest BCUT2D eigenvalue weighted by atomic mass is 10.1. The van der Waals surface area contributed by atoms with Crippen molar-refractivity contribution >= 4 is 0 Å². The minimum Gasteiger partial charge on any atom is -0.378 e. The highest BCUT2D eigenvalue weighted by Gasteiger charge is 2.13. The molecule has 1 aromatic heterocycles. The van der Waals surface area contributed by atoms with Gasteiger partial charge in [0.25, 0.3) is 0 Å². The zero-order chi connectivity index (χ0) is 12.1. The maximum Gasteiger partial charge on any atom is 0.0638 e. The van der Waals surface area contributed by atoms with Gasteiger partial charge in [-0.3, -0.25) is 5.10 Å². The number of hydrogen-bond donors (Lipinski definition) is 2. The molecular formula is C13H23N3O. The second kappa shape index (κ2) is 6.17. The third kappa shape index (κ3) is 3.54. The lowest BCUT2D eigenvalue weighted by molar-refractivity contribution is 0.0115. The Kier molecular flexibility index (Phi) is 4.57. The highest BCUT2D eigenvalue weighted by molar-refractivity contribution is 5.22. The fourth-order valence-electron chi connectivity index (χ4n) is 2.35. The molecule has 4 nitrogen and oxygen atoms in total. The minimum atomic E-state index is 0.475. The molecule has 17 heavy (non-hydrogen) atoms. The molecule has 2 rings (SSSR count). The number of ether oxygens (including phenoxy) is 1. The van der Waals surface area contributed by atoms with Crippen LogP contribution >= 0.6 is 0 Å². The summed E-state index contributed by atoms with van der Waals surface area (Å²) in [5, 5.41) is 10.7. The Balaban J connectivity index is 1.66. The number of nitrogens with zero attached hydrogens (tertiary/aromatic N) is 1. The van der Waals surface area contributed by atoms with Gasteiger partial charge in [0.2, 0.25) is 0 Å². The van der Waals surface area contributed by atoms with E-state index in [0.29, 0.717) is 6.10 Å². The number of aromatic amines is 1. The predicted octanol–water partition coefficient (Wildman–Crippen LogP) is 2.08. The van der Waals surface area contributed by atoms with Gasteiger partial charge in [0.1, 0.15) is 0 Å². The Bertz CT molecular complexity index is 323. The molecule has 2 N–H and O–H groups in total. The fourth-order valence-corrected chi connectivity index (χ4v) is 2.35. The van der Waals surface area contributed by atoms with E-state index in [1.807, 2.05) is 6.92 Å². The Morgan fingerprint density at radius 1 is 1.41 bits per heavy atom. The molecule has 1 aromatic rings. The van der Waals surface area contributed by atoms with E-state index in [1.165, 1.54) is 30.5 Å². The highest BCUT2D eigenvalue weighted by atomic mass is 16.5. The number of H-pyrrole nitrogens is 1. The van der Waals surface area contributed by atoms with Gasteiger partial charge in [-0.15, -0.1) is 0 Å². The van der Waals surface area contributed by atoms with E-state index in [2.05, 4.69) is 22.4 Å². The normalized spacial score (nSPS) is 20.7. The number of aromatic nitrogens is 2. The van der Waals surface area contributed by atoms with E-state index < -0.39 is 0 Å². The Labute approximate surface area is 103 Å². The number of hydrogen-bond acceptors (Lipinski definition) is 3. The summed E-state index contributed by atoms with van der Waals surface area (Å²) in [6.07, 6.45) is 5.38. The van der Waals surface area contributed by atoms with Crippen LogP contribution in [0.5, 0.6) is 0 Å². The molecular weight excluding hydrogens is 214 g/mol. The molecule has 1 unspecified atom stereocenters. The summed E-state index contributed by atoms with van der Waals surface area (Å²) in [5.41, 5.74) is 3.57. The molecule has 0 aromatic carbocycles. The second-order valence-corrected chi connectivity index (χ2v) is 4.87. The van der Waals surface area contributed by atoms with Crippen LogP contribution in [0.25, 0.3) is 0 Å². The SMILES string of the molecule is Cc1n[nH]c(C)c1CNCCC1CCCCO1. The quantitative estimate of drug-likeness (QED) is 0.771. The first-order valence-corrected chi connectivity index (χ1v) is 6.60. The maximum absolute atomic E-state index is 5.70. The minimum absolute atomic E-state index is 0.475. The maximum atomic E-state index is 5.70. The number of nitrogens with one attached hydrogen (secondary N) is 2. The zero-order valence-electron chi connectivity index (χ0n) is 10.9. The topological polar surface area (TPSA) is 49.9 Å². The molecule has 1 atom stereocenters. The molecule has 4 heteroatoms. The summed E-state index contributed by atoms with van der Waals surface area (Å²) >= 11 is 0. The van der Waals surface area contributed by atoms with Crippen molar-refractivity contribution < 1.29 is 4.74 Å². The lowest BCUT2D eigenvalue weighted by Crippen LogP contribution is -2.25. The molecule has 96 valence electrons. The Morgan fingerprint density at radius 2 is 2.29 bits per heavy atom. The molecule has 1 fully saturated rings. The van der Waals surface area contributed by atoms with Gasteiger partial charge in [0, 0.05) is 24.4 Å². The Morgan fingerprint density at radius 3 is 2.94 bits per heavy atom. The van der Waals surface area contributed by atoms with Gasteiger partial charge < -0.3 is 10.1 Å². The van der Waals surface area contributed by atoms with Crippen LogP contribution in [0.15, 0.2) is 0 Å². The van der Waals surface area contributed by atoms with E-state index in [0.717, 1.165) is 31.8 Å². The van der Waals surface area contributed by atoms with Gasteiger partial charge >= 0.3 is 0 Å². The Hall–Kier alpha value is -0.870. The largest absolute Gasteiger partial charge is 0.378 e. The number of rotatable bonds is 5. The summed E-state index contributed by atoms with van der Waals surface area (Å²) in [5.74, 6) is 0. The standard InChI is InChI=1S/C13H23N3O/c1-10-13(11(2)16-15-10)9-14-7-6-12-5-3-4-8-17-12/h12,14H,3-9H2,1-2H3,(H,15,16). The molecule has 0 bridgehead atoms. The molecule has 0 amide bonds. The van der Waals surface area contributed by atoms with Crippen LogP contribution in [-0.2, 0) is 11.3 Å². The number of aryl methyl sites for hydroxylation is 2. The summed E-state index contributed by atoms with van der Waals surface area (Å²) in [7, 11) is 0. The van der Waals surface area contributed by atoms with Gasteiger partial charge in [0.05, 0.1) is 11.8 Å². The summed E-state index contributed by atoms with van der Waals surface area (Å²) in [4.78, 5) is 0. The van der Waals surface area contributed by atoms with Crippen molar-refractivity contribution in [2.45, 2.75) is 52.2 Å². The predicted molar refractivity (Wildman–Crippen MR) is 68.0 cm³/mol. The summed E-state index contributed by atoms with van der Waals surface area (Å²) < 4.78 is 5.70. The van der Waals surface area contributed by atoms with Crippen LogP contribution in [0.2, 0.25) is 0 Å². The van der Waals surface area contributed by atoms with Gasteiger partial charge in [-0.05, 0) is 46.1 Å². The summed E-state index contributed by atoms with van der Waals surface area (Å²) in [6.45, 7) is 6.99. The molecule has 0 aliphatic carbocycles. The van der Waals surface area contributed by atoms with Crippen LogP contribution in [-0.4, -0.2) is 29.5 Å². The van der Waals surface area contributed by atoms with Crippen molar-refractivity contribution in [3.63, 3.8) is 0 Å². The van der Waals surface area contributed by atoms with Crippen LogP contribution < -0.4 is 5.32 Å². The molecule has 2 heterocycles. The highest BCUT2D eigenvalue weighted by Crippen LogP contribution is 2.15. The van der Waals surface area contributed by atoms with Gasteiger partial charge in [-0.1, -0.05) is 0 Å². The summed E-state index contributed by atoms with van der Waals surface area (Å²) in [6, 6.07) is 0. The average molecular weight is 237 g/mol. The van der Waals surface area contributed by atoms with E-state index in [1.54, 1.807) is 0 Å². The molecule has 0 radical (unpaired) electrons. The first-order valence-electron chi connectivity index (χ1n) is 6.60. The van der Waals surface area contributed by atoms with Crippen molar-refractivity contribution in [1.82, 2.24) is 15.5 Å².